The largest absolute Gasteiger partial charge is 0.464 e. The second-order valence-corrected chi connectivity index (χ2v) is 6.45. The molecular formula is C20H21N3O2. The fourth-order valence-corrected chi connectivity index (χ4v) is 3.27. The predicted octanol–water partition coefficient (Wildman–Crippen LogP) is 4.41. The lowest BCUT2D eigenvalue weighted by molar-refractivity contribution is 0.590. The molecule has 0 bridgehead atoms. The molecule has 25 heavy (non-hydrogen) atoms. The van der Waals surface area contributed by atoms with Crippen molar-refractivity contribution in [3.63, 3.8) is 0 Å². The number of hydrogen-bond acceptors (Lipinski definition) is 3. The minimum atomic E-state index is -0.0395. The minimum Gasteiger partial charge on any atom is -0.464 e. The van der Waals surface area contributed by atoms with Gasteiger partial charge in [-0.2, -0.15) is 0 Å². The Bertz CT molecular complexity index is 1100. The van der Waals surface area contributed by atoms with Gasteiger partial charge in [-0.25, -0.2) is 4.98 Å². The quantitative estimate of drug-likeness (QED) is 0.508. The summed E-state index contributed by atoms with van der Waals surface area (Å²) in [6, 6.07) is 9.57. The molecule has 0 aliphatic heterocycles. The van der Waals surface area contributed by atoms with E-state index in [0.717, 1.165) is 40.9 Å². The number of aromatic nitrogens is 3. The van der Waals surface area contributed by atoms with Gasteiger partial charge in [0.15, 0.2) is 0 Å². The molecule has 0 fully saturated rings. The molecular weight excluding hydrogens is 314 g/mol. The molecule has 0 amide bonds. The summed E-state index contributed by atoms with van der Waals surface area (Å²) in [5.41, 5.74) is 3.55. The van der Waals surface area contributed by atoms with Crippen molar-refractivity contribution in [3.05, 3.63) is 58.8 Å². The van der Waals surface area contributed by atoms with Crippen LogP contribution >= 0.6 is 0 Å². The number of aryl methyl sites for hydroxylation is 2. The van der Waals surface area contributed by atoms with Crippen LogP contribution in [0.4, 0.5) is 0 Å². The smallest absolute Gasteiger partial charge is 0.259 e. The van der Waals surface area contributed by atoms with Gasteiger partial charge in [0, 0.05) is 35.5 Å². The summed E-state index contributed by atoms with van der Waals surface area (Å²) in [6.07, 6.45) is 6.93. The highest BCUT2D eigenvalue weighted by atomic mass is 16.3. The third kappa shape index (κ3) is 2.76. The molecule has 3 heterocycles. The van der Waals surface area contributed by atoms with Crippen LogP contribution in [0.1, 0.15) is 31.9 Å². The molecule has 0 atom stereocenters. The average molecular weight is 335 g/mol. The summed E-state index contributed by atoms with van der Waals surface area (Å²) < 4.78 is 9.18. The van der Waals surface area contributed by atoms with Gasteiger partial charge in [0.1, 0.15) is 5.58 Å². The van der Waals surface area contributed by atoms with Gasteiger partial charge >= 0.3 is 0 Å². The molecule has 0 aliphatic rings. The predicted molar refractivity (Wildman–Crippen MR) is 98.9 cm³/mol. The zero-order valence-corrected chi connectivity index (χ0v) is 14.5. The first-order valence-electron chi connectivity index (χ1n) is 8.74. The summed E-state index contributed by atoms with van der Waals surface area (Å²) in [5.74, 6) is 0.711. The van der Waals surface area contributed by atoms with Gasteiger partial charge in [-0.15, -0.1) is 0 Å². The van der Waals surface area contributed by atoms with E-state index in [4.69, 9.17) is 9.40 Å². The fraction of sp³-hybridized carbons (Fsp3) is 0.300. The van der Waals surface area contributed by atoms with Gasteiger partial charge in [0.05, 0.1) is 12.0 Å². The van der Waals surface area contributed by atoms with Crippen LogP contribution < -0.4 is 5.56 Å². The van der Waals surface area contributed by atoms with Crippen molar-refractivity contribution in [1.82, 2.24) is 14.0 Å². The number of rotatable bonds is 5. The Balaban J connectivity index is 1.84. The van der Waals surface area contributed by atoms with Crippen LogP contribution in [0, 0.1) is 6.92 Å². The summed E-state index contributed by atoms with van der Waals surface area (Å²) >= 11 is 0. The van der Waals surface area contributed by atoms with Crippen molar-refractivity contribution < 1.29 is 4.42 Å². The molecule has 4 rings (SSSR count). The van der Waals surface area contributed by atoms with E-state index in [2.05, 4.69) is 11.5 Å². The number of nitrogens with zero attached hydrogens (tertiary/aromatic N) is 3. The van der Waals surface area contributed by atoms with Gasteiger partial charge in [0.2, 0.25) is 5.78 Å². The van der Waals surface area contributed by atoms with E-state index < -0.39 is 0 Å². The number of hydrogen-bond donors (Lipinski definition) is 0. The molecule has 0 saturated carbocycles. The van der Waals surface area contributed by atoms with Crippen LogP contribution in [0.2, 0.25) is 0 Å². The highest BCUT2D eigenvalue weighted by Crippen LogP contribution is 2.24. The van der Waals surface area contributed by atoms with E-state index in [0.29, 0.717) is 5.78 Å². The van der Waals surface area contributed by atoms with Crippen LogP contribution in [0.25, 0.3) is 28.0 Å². The minimum absolute atomic E-state index is 0.0395. The number of fused-ring (bicyclic) bond motifs is 2. The van der Waals surface area contributed by atoms with Crippen molar-refractivity contribution in [2.75, 3.05) is 0 Å². The maximum atomic E-state index is 12.4. The van der Waals surface area contributed by atoms with Crippen molar-refractivity contribution in [3.8, 4) is 11.3 Å². The summed E-state index contributed by atoms with van der Waals surface area (Å²) in [7, 11) is 0. The van der Waals surface area contributed by atoms with Crippen LogP contribution in [0.3, 0.4) is 0 Å². The van der Waals surface area contributed by atoms with Crippen LogP contribution in [-0.4, -0.2) is 14.0 Å². The zero-order valence-electron chi connectivity index (χ0n) is 14.5. The lowest BCUT2D eigenvalue weighted by Gasteiger charge is -2.11. The van der Waals surface area contributed by atoms with Crippen molar-refractivity contribution >= 4 is 16.7 Å². The first kappa shape index (κ1) is 15.7. The highest BCUT2D eigenvalue weighted by molar-refractivity contribution is 5.82. The summed E-state index contributed by atoms with van der Waals surface area (Å²) in [6.45, 7) is 5.04. The van der Waals surface area contributed by atoms with Crippen LogP contribution in [0.5, 0.6) is 0 Å². The Labute approximate surface area is 145 Å². The second-order valence-electron chi connectivity index (χ2n) is 6.45. The molecule has 0 radical (unpaired) electrons. The molecule has 5 nitrogen and oxygen atoms in total. The van der Waals surface area contributed by atoms with Crippen molar-refractivity contribution in [2.24, 2.45) is 0 Å². The first-order valence-corrected chi connectivity index (χ1v) is 8.74. The van der Waals surface area contributed by atoms with Gasteiger partial charge in [-0.1, -0.05) is 19.8 Å². The van der Waals surface area contributed by atoms with Gasteiger partial charge < -0.3 is 8.98 Å². The van der Waals surface area contributed by atoms with E-state index in [1.165, 1.54) is 12.8 Å². The Morgan fingerprint density at radius 1 is 1.16 bits per heavy atom. The lowest BCUT2D eigenvalue weighted by atomic mass is 10.1. The Kier molecular flexibility index (Phi) is 3.92. The topological polar surface area (TPSA) is 52.4 Å². The van der Waals surface area contributed by atoms with E-state index in [1.807, 2.05) is 37.4 Å². The molecule has 0 saturated heterocycles. The zero-order chi connectivity index (χ0) is 17.4. The first-order chi connectivity index (χ1) is 12.2. The van der Waals surface area contributed by atoms with Crippen molar-refractivity contribution in [2.45, 2.75) is 39.7 Å². The van der Waals surface area contributed by atoms with Crippen molar-refractivity contribution in [1.29, 1.82) is 0 Å². The van der Waals surface area contributed by atoms with E-state index >= 15 is 0 Å². The Hall–Kier alpha value is -2.82. The van der Waals surface area contributed by atoms with Crippen LogP contribution in [0.15, 0.2) is 52.0 Å². The molecule has 128 valence electrons. The number of benzene rings is 1. The maximum Gasteiger partial charge on any atom is 0.259 e. The Morgan fingerprint density at radius 3 is 2.88 bits per heavy atom. The standard InChI is InChI=1S/C20H21N3O2/c1-3-4-5-9-22-14(2)11-19(24)23-13-17(21-20(22)23)15-6-7-18-16(12-15)8-10-25-18/h6-8,10-13H,3-5,9H2,1-2H3. The SMILES string of the molecule is CCCCCn1c(C)cc(=O)n2cc(-c3ccc4occc4c3)nc12. The van der Waals surface area contributed by atoms with Gasteiger partial charge in [0.25, 0.3) is 5.56 Å². The monoisotopic (exact) mass is 335 g/mol. The fourth-order valence-electron chi connectivity index (χ4n) is 3.27. The molecule has 0 N–H and O–H groups in total. The van der Waals surface area contributed by atoms with E-state index in [9.17, 15) is 4.79 Å². The lowest BCUT2D eigenvalue weighted by Crippen LogP contribution is -2.18. The average Bonchev–Trinajstić information content (AvgIpc) is 3.24. The van der Waals surface area contributed by atoms with E-state index in [1.54, 1.807) is 16.7 Å². The number of furan rings is 1. The molecule has 0 aliphatic carbocycles. The van der Waals surface area contributed by atoms with Crippen LogP contribution in [-0.2, 0) is 6.54 Å². The maximum absolute atomic E-state index is 12.4. The third-order valence-electron chi connectivity index (χ3n) is 4.66. The number of unbranched alkanes of at least 4 members (excludes halogenated alkanes) is 2. The normalized spacial score (nSPS) is 11.6. The molecule has 5 heteroatoms. The van der Waals surface area contributed by atoms with E-state index in [-0.39, 0.29) is 5.56 Å². The van der Waals surface area contributed by atoms with Gasteiger partial charge in [-0.05, 0) is 37.6 Å². The number of imidazole rings is 1. The molecule has 1 aromatic carbocycles. The summed E-state index contributed by atoms with van der Waals surface area (Å²) in [5, 5.41) is 1.03. The van der Waals surface area contributed by atoms with Gasteiger partial charge in [-0.3, -0.25) is 9.20 Å². The molecule has 0 unspecified atom stereocenters. The summed E-state index contributed by atoms with van der Waals surface area (Å²) in [4.78, 5) is 17.2. The molecule has 0 spiro atoms. The highest BCUT2D eigenvalue weighted by Gasteiger charge is 2.12. The molecule has 3 aromatic heterocycles. The third-order valence-corrected chi connectivity index (χ3v) is 4.66. The Morgan fingerprint density at radius 2 is 2.04 bits per heavy atom. The molecule has 4 aromatic rings. The second kappa shape index (κ2) is 6.24.